The van der Waals surface area contributed by atoms with E-state index < -0.39 is 0 Å². The van der Waals surface area contributed by atoms with Crippen molar-refractivity contribution in [1.29, 1.82) is 0 Å². The van der Waals surface area contributed by atoms with E-state index in [2.05, 4.69) is 22.0 Å². The van der Waals surface area contributed by atoms with Crippen molar-refractivity contribution in [1.82, 2.24) is 15.1 Å². The lowest BCUT2D eigenvalue weighted by atomic mass is 10.2. The fraction of sp³-hybridized carbons (Fsp3) is 0.846. The molecule has 0 aliphatic carbocycles. The van der Waals surface area contributed by atoms with Gasteiger partial charge in [0.25, 0.3) is 0 Å². The lowest BCUT2D eigenvalue weighted by Gasteiger charge is -2.34. The van der Waals surface area contributed by atoms with Gasteiger partial charge in [-0.2, -0.15) is 0 Å². The molecular weight excluding hydrogens is 228 g/mol. The molecular formula is C13H28N4O. The van der Waals surface area contributed by atoms with E-state index in [4.69, 9.17) is 10.8 Å². The summed E-state index contributed by atoms with van der Waals surface area (Å²) in [7, 11) is 0. The first kappa shape index (κ1) is 15.3. The molecule has 0 unspecified atom stereocenters. The smallest absolute Gasteiger partial charge is 0.0840 e. The van der Waals surface area contributed by atoms with Crippen LogP contribution in [0.1, 0.15) is 19.8 Å². The molecule has 1 rings (SSSR count). The Morgan fingerprint density at radius 2 is 1.83 bits per heavy atom. The average Bonchev–Trinajstić information content (AvgIpc) is 2.40. The lowest BCUT2D eigenvalue weighted by molar-refractivity contribution is 0.132. The maximum Gasteiger partial charge on any atom is 0.0840 e. The predicted octanol–water partition coefficient (Wildman–Crippen LogP) is -0.214. The summed E-state index contributed by atoms with van der Waals surface area (Å²) >= 11 is 0. The largest absolute Gasteiger partial charge is 0.399 e. The van der Waals surface area contributed by atoms with E-state index in [-0.39, 0.29) is 6.61 Å². The van der Waals surface area contributed by atoms with Crippen molar-refractivity contribution < 1.29 is 5.11 Å². The monoisotopic (exact) mass is 256 g/mol. The molecule has 1 heterocycles. The lowest BCUT2D eigenvalue weighted by Crippen LogP contribution is -2.46. The molecule has 0 aromatic rings. The predicted molar refractivity (Wildman–Crippen MR) is 75.1 cm³/mol. The first-order valence-electron chi connectivity index (χ1n) is 6.99. The quantitative estimate of drug-likeness (QED) is 0.524. The summed E-state index contributed by atoms with van der Waals surface area (Å²) in [6.07, 6.45) is 4.06. The first-order chi connectivity index (χ1) is 8.76. The number of piperazine rings is 1. The summed E-state index contributed by atoms with van der Waals surface area (Å²) in [5, 5.41) is 11.8. The zero-order valence-electron chi connectivity index (χ0n) is 11.6. The van der Waals surface area contributed by atoms with Crippen LogP contribution in [0, 0.1) is 0 Å². The molecule has 0 aromatic carbocycles. The van der Waals surface area contributed by atoms with Crippen molar-refractivity contribution in [2.45, 2.75) is 19.8 Å². The minimum absolute atomic E-state index is 0.0770. The van der Waals surface area contributed by atoms with Crippen LogP contribution < -0.4 is 11.1 Å². The van der Waals surface area contributed by atoms with Gasteiger partial charge < -0.3 is 26.0 Å². The molecule has 0 radical (unpaired) electrons. The van der Waals surface area contributed by atoms with Crippen LogP contribution in [0.25, 0.3) is 0 Å². The number of rotatable bonds is 8. The molecule has 1 aliphatic rings. The summed E-state index contributed by atoms with van der Waals surface area (Å²) in [5.74, 6) is 0. The molecule has 18 heavy (non-hydrogen) atoms. The normalized spacial score (nSPS) is 19.1. The highest BCUT2D eigenvalue weighted by atomic mass is 16.3. The molecule has 1 saturated heterocycles. The fourth-order valence-corrected chi connectivity index (χ4v) is 2.21. The zero-order valence-corrected chi connectivity index (χ0v) is 11.6. The number of nitrogens with one attached hydrogen (secondary N) is 1. The summed E-state index contributed by atoms with van der Waals surface area (Å²) in [4.78, 5) is 5.06. The Hall–Kier alpha value is -0.780. The second-order valence-electron chi connectivity index (χ2n) is 4.87. The van der Waals surface area contributed by atoms with Crippen molar-refractivity contribution in [2.75, 3.05) is 52.4 Å². The molecule has 0 bridgehead atoms. The standard InChI is InChI=1S/C13H28N4O/c1-2-5-16-7-9-17(10-8-16)6-3-4-15-11-13(14)12-18/h11,15,18H,2-10,12,14H2,1H3/b13-11-. The van der Waals surface area contributed by atoms with Crippen LogP contribution in [0.4, 0.5) is 0 Å². The fourth-order valence-electron chi connectivity index (χ4n) is 2.21. The summed E-state index contributed by atoms with van der Waals surface area (Å²) in [6.45, 7) is 10.2. The van der Waals surface area contributed by atoms with Crippen molar-refractivity contribution in [3.05, 3.63) is 11.9 Å². The second-order valence-corrected chi connectivity index (χ2v) is 4.87. The highest BCUT2D eigenvalue weighted by molar-refractivity contribution is 4.93. The molecule has 0 spiro atoms. The topological polar surface area (TPSA) is 64.8 Å². The van der Waals surface area contributed by atoms with Gasteiger partial charge in [-0.05, 0) is 25.9 Å². The van der Waals surface area contributed by atoms with Gasteiger partial charge in [-0.3, -0.25) is 0 Å². The van der Waals surface area contributed by atoms with Gasteiger partial charge in [0.2, 0.25) is 0 Å². The van der Waals surface area contributed by atoms with Crippen molar-refractivity contribution >= 4 is 0 Å². The van der Waals surface area contributed by atoms with Crippen LogP contribution in [-0.4, -0.2) is 67.3 Å². The number of hydrogen-bond acceptors (Lipinski definition) is 5. The zero-order chi connectivity index (χ0) is 13.2. The Balaban J connectivity index is 2.01. The highest BCUT2D eigenvalue weighted by Gasteiger charge is 2.14. The highest BCUT2D eigenvalue weighted by Crippen LogP contribution is 2.02. The number of aliphatic hydroxyl groups excluding tert-OH is 1. The van der Waals surface area contributed by atoms with Crippen LogP contribution in [0.15, 0.2) is 11.9 Å². The van der Waals surface area contributed by atoms with E-state index in [0.29, 0.717) is 5.70 Å². The summed E-state index contributed by atoms with van der Waals surface area (Å²) in [6, 6.07) is 0. The molecule has 4 N–H and O–H groups in total. The minimum atomic E-state index is -0.0770. The van der Waals surface area contributed by atoms with Gasteiger partial charge in [-0.25, -0.2) is 0 Å². The number of nitrogens with two attached hydrogens (primary N) is 1. The maximum atomic E-state index is 8.72. The summed E-state index contributed by atoms with van der Waals surface area (Å²) in [5.41, 5.74) is 5.96. The summed E-state index contributed by atoms with van der Waals surface area (Å²) < 4.78 is 0. The molecule has 0 aromatic heterocycles. The maximum absolute atomic E-state index is 8.72. The van der Waals surface area contributed by atoms with Gasteiger partial charge >= 0.3 is 0 Å². The van der Waals surface area contributed by atoms with Gasteiger partial charge in [0.1, 0.15) is 0 Å². The van der Waals surface area contributed by atoms with Gasteiger partial charge in [0, 0.05) is 44.6 Å². The van der Waals surface area contributed by atoms with Crippen LogP contribution in [0.2, 0.25) is 0 Å². The molecule has 1 fully saturated rings. The third-order valence-electron chi connectivity index (χ3n) is 3.27. The molecule has 5 nitrogen and oxygen atoms in total. The third kappa shape index (κ3) is 6.23. The molecule has 1 aliphatic heterocycles. The van der Waals surface area contributed by atoms with Crippen LogP contribution in [0.5, 0.6) is 0 Å². The minimum Gasteiger partial charge on any atom is -0.399 e. The van der Waals surface area contributed by atoms with Crippen molar-refractivity contribution in [3.63, 3.8) is 0 Å². The number of hydrogen-bond donors (Lipinski definition) is 3. The van der Waals surface area contributed by atoms with Crippen LogP contribution in [0.3, 0.4) is 0 Å². The molecule has 0 atom stereocenters. The van der Waals surface area contributed by atoms with Gasteiger partial charge in [0.05, 0.1) is 6.61 Å². The molecule has 0 saturated carbocycles. The van der Waals surface area contributed by atoms with E-state index in [1.807, 2.05) is 0 Å². The van der Waals surface area contributed by atoms with E-state index in [0.717, 1.165) is 19.5 Å². The van der Waals surface area contributed by atoms with Gasteiger partial charge in [-0.1, -0.05) is 6.92 Å². The number of nitrogens with zero attached hydrogens (tertiary/aromatic N) is 2. The van der Waals surface area contributed by atoms with E-state index in [1.165, 1.54) is 39.1 Å². The van der Waals surface area contributed by atoms with Crippen molar-refractivity contribution in [2.24, 2.45) is 5.73 Å². The first-order valence-corrected chi connectivity index (χ1v) is 6.99. The Bertz CT molecular complexity index is 237. The molecule has 106 valence electrons. The Kier molecular flexibility index (Phi) is 7.80. The number of aliphatic hydroxyl groups is 1. The SMILES string of the molecule is CCCN1CCN(CCCN/C=C(\N)CO)CC1. The van der Waals surface area contributed by atoms with E-state index >= 15 is 0 Å². The van der Waals surface area contributed by atoms with Gasteiger partial charge in [-0.15, -0.1) is 0 Å². The van der Waals surface area contributed by atoms with Gasteiger partial charge in [0.15, 0.2) is 0 Å². The Morgan fingerprint density at radius 1 is 1.22 bits per heavy atom. The average molecular weight is 256 g/mol. The van der Waals surface area contributed by atoms with Crippen molar-refractivity contribution in [3.8, 4) is 0 Å². The van der Waals surface area contributed by atoms with Crippen LogP contribution in [-0.2, 0) is 0 Å². The molecule has 5 heteroatoms. The second kappa shape index (κ2) is 9.19. The Morgan fingerprint density at radius 3 is 2.39 bits per heavy atom. The third-order valence-corrected chi connectivity index (χ3v) is 3.27. The van der Waals surface area contributed by atoms with E-state index in [1.54, 1.807) is 6.20 Å². The Labute approximate surface area is 111 Å². The van der Waals surface area contributed by atoms with Crippen LogP contribution >= 0.6 is 0 Å². The molecule has 0 amide bonds. The van der Waals surface area contributed by atoms with E-state index in [9.17, 15) is 0 Å².